The average Bonchev–Trinajstić information content (AvgIpc) is 3.92. The minimum atomic E-state index is -1.13. The number of para-hydroxylation sites is 1. The number of carboxylic acid groups (broad SMARTS) is 1. The molecule has 71 heavy (non-hydrogen) atoms. The lowest BCUT2D eigenvalue weighted by molar-refractivity contribution is -0.134. The number of nitrogens with zero attached hydrogens (tertiary/aromatic N) is 5. The van der Waals surface area contributed by atoms with Crippen LogP contribution < -0.4 is 25.6 Å². The van der Waals surface area contributed by atoms with Gasteiger partial charge in [-0.05, 0) is 132 Å². The lowest BCUT2D eigenvalue weighted by Crippen LogP contribution is -2.39. The van der Waals surface area contributed by atoms with Crippen LogP contribution in [-0.2, 0) is 41.4 Å². The van der Waals surface area contributed by atoms with Crippen molar-refractivity contribution in [3.8, 4) is 22.6 Å². The summed E-state index contributed by atoms with van der Waals surface area (Å²) < 4.78 is 9.27. The molecule has 3 amide bonds. The normalized spacial score (nSPS) is 14.9. The summed E-state index contributed by atoms with van der Waals surface area (Å²) in [5, 5.41) is 25.9. The molecule has 360 valence electrons. The molecule has 1 atom stereocenters. The van der Waals surface area contributed by atoms with Gasteiger partial charge in [0.15, 0.2) is 10.8 Å². The van der Waals surface area contributed by atoms with Crippen LogP contribution in [0.15, 0.2) is 109 Å². The van der Waals surface area contributed by atoms with E-state index in [4.69, 9.17) is 9.72 Å². The predicted molar refractivity (Wildman–Crippen MR) is 278 cm³/mol. The number of hydrogen-bond donors (Lipinski definition) is 4. The molecule has 5 heterocycles. The van der Waals surface area contributed by atoms with E-state index in [1.165, 1.54) is 11.3 Å². The summed E-state index contributed by atoms with van der Waals surface area (Å²) in [6.45, 7) is 9.91. The number of fused-ring (bicyclic) bond motifs is 3. The monoisotopic (exact) mass is 966 g/mol. The Bertz CT molecular complexity index is 3380. The summed E-state index contributed by atoms with van der Waals surface area (Å²) in [7, 11) is 1.87. The van der Waals surface area contributed by atoms with Crippen molar-refractivity contribution in [3.05, 3.63) is 154 Å². The SMILES string of the molecule is Cc1c(Oc2ccc(CCCNc3ccc4c(C5CCC(=O)NC5=O)nn(C)c4c3)cc2)cccc1-c1c(C(C)(C)C)cc(N2CCc3cccc(C(=O)Nc4nc5ccccc5s4)c3C2)nc1C(=O)O. The van der Waals surface area contributed by atoms with Gasteiger partial charge in [0.05, 0.1) is 27.3 Å². The maximum absolute atomic E-state index is 13.8. The van der Waals surface area contributed by atoms with Crippen molar-refractivity contribution in [1.82, 2.24) is 25.1 Å². The van der Waals surface area contributed by atoms with Crippen molar-refractivity contribution >= 4 is 72.8 Å². The molecule has 4 N–H and O–H groups in total. The summed E-state index contributed by atoms with van der Waals surface area (Å²) in [6.07, 6.45) is 3.15. The molecule has 10 rings (SSSR count). The van der Waals surface area contributed by atoms with Crippen LogP contribution in [0.3, 0.4) is 0 Å². The number of imide groups is 1. The molecule has 5 aromatic carbocycles. The summed E-state index contributed by atoms with van der Waals surface area (Å²) in [6, 6.07) is 35.3. The van der Waals surface area contributed by atoms with Crippen LogP contribution in [0.1, 0.15) is 100 Å². The van der Waals surface area contributed by atoms with E-state index in [-0.39, 0.29) is 23.4 Å². The zero-order valence-electron chi connectivity index (χ0n) is 40.3. The summed E-state index contributed by atoms with van der Waals surface area (Å²) in [5.74, 6) is -0.544. The van der Waals surface area contributed by atoms with Gasteiger partial charge in [0.1, 0.15) is 17.3 Å². The smallest absolute Gasteiger partial charge is 0.355 e. The Morgan fingerprint density at radius 3 is 2.51 bits per heavy atom. The van der Waals surface area contributed by atoms with E-state index >= 15 is 0 Å². The Hall–Kier alpha value is -7.91. The molecule has 0 spiro atoms. The van der Waals surface area contributed by atoms with Crippen LogP contribution in [0, 0.1) is 6.92 Å². The number of nitrogens with one attached hydrogen (secondary N) is 3. The minimum absolute atomic E-state index is 0.0457. The highest BCUT2D eigenvalue weighted by molar-refractivity contribution is 7.22. The van der Waals surface area contributed by atoms with E-state index in [0.717, 1.165) is 79.6 Å². The van der Waals surface area contributed by atoms with Crippen LogP contribution in [0.25, 0.3) is 32.2 Å². The van der Waals surface area contributed by atoms with E-state index < -0.39 is 17.3 Å². The van der Waals surface area contributed by atoms with E-state index in [2.05, 4.69) is 63.8 Å². The molecule has 1 saturated heterocycles. The number of aryl methyl sites for hydroxylation is 2. The number of hydrogen-bond acceptors (Lipinski definition) is 11. The average molecular weight is 967 g/mol. The van der Waals surface area contributed by atoms with Gasteiger partial charge in [-0.25, -0.2) is 14.8 Å². The second-order valence-corrected chi connectivity index (χ2v) is 20.3. The zero-order valence-corrected chi connectivity index (χ0v) is 41.1. The highest BCUT2D eigenvalue weighted by Gasteiger charge is 2.33. The lowest BCUT2D eigenvalue weighted by atomic mass is 9.80. The summed E-state index contributed by atoms with van der Waals surface area (Å²) in [4.78, 5) is 62.9. The maximum atomic E-state index is 13.8. The van der Waals surface area contributed by atoms with Gasteiger partial charge >= 0.3 is 5.97 Å². The summed E-state index contributed by atoms with van der Waals surface area (Å²) >= 11 is 1.43. The van der Waals surface area contributed by atoms with Crippen LogP contribution in [0.5, 0.6) is 11.5 Å². The van der Waals surface area contributed by atoms with Crippen LogP contribution in [-0.4, -0.2) is 61.6 Å². The molecule has 0 saturated carbocycles. The lowest BCUT2D eigenvalue weighted by Gasteiger charge is -2.33. The molecule has 0 aliphatic carbocycles. The number of carbonyl (C=O) groups excluding carboxylic acids is 3. The van der Waals surface area contributed by atoms with Gasteiger partial charge in [0, 0.05) is 55.3 Å². The van der Waals surface area contributed by atoms with E-state index in [0.29, 0.717) is 71.6 Å². The number of piperidine rings is 1. The van der Waals surface area contributed by atoms with Gasteiger partial charge in [0.25, 0.3) is 5.91 Å². The highest BCUT2D eigenvalue weighted by atomic mass is 32.1. The number of amides is 3. The van der Waals surface area contributed by atoms with Gasteiger partial charge in [-0.2, -0.15) is 5.10 Å². The van der Waals surface area contributed by atoms with Crippen molar-refractivity contribution in [2.24, 2.45) is 7.05 Å². The first kappa shape index (κ1) is 46.8. The molecule has 14 nitrogen and oxygen atoms in total. The second-order valence-electron chi connectivity index (χ2n) is 19.3. The third-order valence-electron chi connectivity index (χ3n) is 13.5. The van der Waals surface area contributed by atoms with Crippen LogP contribution in [0.2, 0.25) is 0 Å². The largest absolute Gasteiger partial charge is 0.476 e. The van der Waals surface area contributed by atoms with Gasteiger partial charge in [-0.3, -0.25) is 29.7 Å². The number of thiazole rings is 1. The van der Waals surface area contributed by atoms with Crippen molar-refractivity contribution in [2.75, 3.05) is 28.6 Å². The standard InChI is InChI=1S/C56H54N8O6S/c1-32-37(13-9-16-45(32)70-36-21-18-33(19-22-36)11-10-27-57-35-20-23-39-44(29-35)63(5)62-50(39)40-24-25-48(65)60-53(40)67)49-42(56(2,3)4)30-47(59-51(49)54(68)69)64-28-26-34-12-8-14-38(41(34)31-64)52(66)61-55-58-43-15-6-7-17-46(43)71-55/h6-9,12-23,29-30,40,57H,10-11,24-28,31H2,1-5H3,(H,68,69)(H,58,61,66)(H,60,65,67). The number of pyridine rings is 1. The quantitative estimate of drug-likeness (QED) is 0.0638. The first-order chi connectivity index (χ1) is 34.2. The number of aromatic nitrogens is 4. The van der Waals surface area contributed by atoms with E-state index in [1.54, 1.807) is 4.68 Å². The van der Waals surface area contributed by atoms with Crippen molar-refractivity contribution in [1.29, 1.82) is 0 Å². The fraction of sp³-hybridized carbons (Fsp3) is 0.268. The van der Waals surface area contributed by atoms with Gasteiger partial charge in [-0.1, -0.05) is 80.6 Å². The van der Waals surface area contributed by atoms with Crippen molar-refractivity contribution in [2.45, 2.75) is 77.7 Å². The van der Waals surface area contributed by atoms with Crippen molar-refractivity contribution in [3.63, 3.8) is 0 Å². The number of carboxylic acids is 1. The molecule has 8 aromatic rings. The Labute approximate surface area is 415 Å². The molecule has 2 aliphatic heterocycles. The van der Waals surface area contributed by atoms with Crippen LogP contribution >= 0.6 is 11.3 Å². The second kappa shape index (κ2) is 19.1. The predicted octanol–water partition coefficient (Wildman–Crippen LogP) is 10.7. The Balaban J connectivity index is 0.824. The van der Waals surface area contributed by atoms with Crippen LogP contribution in [0.4, 0.5) is 16.6 Å². The molecule has 1 unspecified atom stereocenters. The fourth-order valence-corrected chi connectivity index (χ4v) is 10.6. The minimum Gasteiger partial charge on any atom is -0.476 e. The number of ether oxygens (including phenoxy) is 1. The molecule has 0 radical (unpaired) electrons. The summed E-state index contributed by atoms with van der Waals surface area (Å²) in [5.41, 5.74) is 9.44. The maximum Gasteiger partial charge on any atom is 0.355 e. The molecule has 3 aromatic heterocycles. The third kappa shape index (κ3) is 9.57. The highest BCUT2D eigenvalue weighted by Crippen LogP contribution is 2.42. The topological polar surface area (TPSA) is 181 Å². The number of anilines is 3. The number of benzene rings is 5. The van der Waals surface area contributed by atoms with Crippen molar-refractivity contribution < 1.29 is 29.0 Å². The van der Waals surface area contributed by atoms with Gasteiger partial charge in [0.2, 0.25) is 11.8 Å². The van der Waals surface area contributed by atoms with E-state index in [9.17, 15) is 24.3 Å². The zero-order chi connectivity index (χ0) is 49.6. The molecule has 0 bridgehead atoms. The first-order valence-corrected chi connectivity index (χ1v) is 24.7. The molecular weight excluding hydrogens is 913 g/mol. The third-order valence-corrected chi connectivity index (χ3v) is 14.4. The molecule has 2 aliphatic rings. The Morgan fingerprint density at radius 2 is 1.73 bits per heavy atom. The van der Waals surface area contributed by atoms with E-state index in [1.807, 2.05) is 111 Å². The first-order valence-electron chi connectivity index (χ1n) is 23.9. The van der Waals surface area contributed by atoms with Gasteiger partial charge in [-0.15, -0.1) is 0 Å². The molecule has 1 fully saturated rings. The Kier molecular flexibility index (Phi) is 12.6. The number of carbonyl (C=O) groups is 4. The molecule has 15 heteroatoms. The number of rotatable bonds is 13. The van der Waals surface area contributed by atoms with Gasteiger partial charge < -0.3 is 20.1 Å². The number of aromatic carboxylic acids is 1. The fourth-order valence-electron chi connectivity index (χ4n) is 9.77. The molecular formula is C56H54N8O6S. The Morgan fingerprint density at radius 1 is 0.930 bits per heavy atom.